The molecule has 7 aromatic rings. The maximum atomic E-state index is 8.44. The first-order chi connectivity index (χ1) is 22.5. The van der Waals surface area contributed by atoms with Crippen molar-refractivity contribution >= 4 is 35.2 Å². The van der Waals surface area contributed by atoms with Crippen LogP contribution in [-0.4, -0.2) is 18.0 Å². The number of aromatic nitrogens is 2. The summed E-state index contributed by atoms with van der Waals surface area (Å²) in [6.45, 7) is 10.8. The van der Waals surface area contributed by atoms with Crippen LogP contribution in [0.3, 0.4) is 0 Å². The number of furan rings is 1. The molecule has 0 N–H and O–H groups in total. The molecule has 0 aliphatic carbocycles. The predicted molar refractivity (Wildman–Crippen MR) is 191 cm³/mol. The molecule has 1 radical (unpaired) electrons. The van der Waals surface area contributed by atoms with Crippen LogP contribution in [0.2, 0.25) is 19.6 Å². The Morgan fingerprint density at radius 3 is 2.26 bits per heavy atom. The summed E-state index contributed by atoms with van der Waals surface area (Å²) in [5.41, 5.74) is 7.85. The van der Waals surface area contributed by atoms with Crippen molar-refractivity contribution in [3.05, 3.63) is 139 Å². The van der Waals surface area contributed by atoms with Crippen molar-refractivity contribution in [2.24, 2.45) is 5.92 Å². The van der Waals surface area contributed by atoms with Gasteiger partial charge < -0.3 is 14.4 Å². The second kappa shape index (κ2) is 14.5. The molecule has 0 aliphatic rings. The van der Waals surface area contributed by atoms with Gasteiger partial charge in [0.05, 0.1) is 13.7 Å². The standard InChI is InChI=1S/C27H22NO.C14H16NSi.Ir/c1-18(2)15-19-13-14-28-25(16-19)24-10-6-9-23-22-12-11-21(17-26(22)29-27(23)24)20-7-4-3-5-8-20;1-16(2,3)13-9-10-14(15-11-13)12-7-5-4-6-8-12;/h3-9,11-14,16-18H,15H2,1-2H3;4-7,9-11H,1-3H3;/q2*-1;/i15D2;;. The van der Waals surface area contributed by atoms with E-state index in [1.54, 1.807) is 12.3 Å². The monoisotopic (exact) mass is 797 g/mol. The normalized spacial score (nSPS) is 12.2. The molecule has 0 spiro atoms. The molecule has 0 bridgehead atoms. The van der Waals surface area contributed by atoms with Gasteiger partial charge in [-0.2, -0.15) is 0 Å². The topological polar surface area (TPSA) is 38.9 Å². The Morgan fingerprint density at radius 2 is 1.57 bits per heavy atom. The van der Waals surface area contributed by atoms with Crippen molar-refractivity contribution in [2.75, 3.05) is 0 Å². The average Bonchev–Trinajstić information content (AvgIpc) is 3.47. The van der Waals surface area contributed by atoms with Gasteiger partial charge in [0.1, 0.15) is 5.58 Å². The fraction of sp³-hybridized carbons (Fsp3) is 0.171. The van der Waals surface area contributed by atoms with Crippen molar-refractivity contribution in [1.82, 2.24) is 9.97 Å². The summed E-state index contributed by atoms with van der Waals surface area (Å²) < 4.78 is 23.2. The molecule has 0 saturated carbocycles. The molecule has 5 heteroatoms. The van der Waals surface area contributed by atoms with Crippen LogP contribution >= 0.6 is 0 Å². The van der Waals surface area contributed by atoms with Crippen molar-refractivity contribution < 1.29 is 27.3 Å². The van der Waals surface area contributed by atoms with Crippen LogP contribution in [-0.2, 0) is 26.5 Å². The maximum Gasteiger partial charge on any atom is 0.121 e. The Balaban J connectivity index is 0.000000224. The van der Waals surface area contributed by atoms with Gasteiger partial charge in [-0.15, -0.1) is 54.1 Å². The minimum absolute atomic E-state index is 0. The zero-order valence-corrected chi connectivity index (χ0v) is 30.2. The zero-order chi connectivity index (χ0) is 33.2. The molecule has 0 fully saturated rings. The Kier molecular flexibility index (Phi) is 9.62. The van der Waals surface area contributed by atoms with Crippen LogP contribution in [0.15, 0.2) is 126 Å². The molecule has 0 atom stereocenters. The van der Waals surface area contributed by atoms with Crippen molar-refractivity contribution in [3.63, 3.8) is 0 Å². The van der Waals surface area contributed by atoms with Gasteiger partial charge in [-0.3, -0.25) is 0 Å². The van der Waals surface area contributed by atoms with Gasteiger partial charge in [0.15, 0.2) is 0 Å². The van der Waals surface area contributed by atoms with Crippen LogP contribution < -0.4 is 5.19 Å². The van der Waals surface area contributed by atoms with Gasteiger partial charge in [-0.25, -0.2) is 0 Å². The van der Waals surface area contributed by atoms with Gasteiger partial charge in [0.25, 0.3) is 0 Å². The Bertz CT molecular complexity index is 2120. The molecule has 7 rings (SSSR count). The summed E-state index contributed by atoms with van der Waals surface area (Å²) in [7, 11) is -1.23. The van der Waals surface area contributed by atoms with Crippen LogP contribution in [0.4, 0.5) is 0 Å². The van der Waals surface area contributed by atoms with Gasteiger partial charge in [0, 0.05) is 40.6 Å². The third-order valence-corrected chi connectivity index (χ3v) is 9.65. The van der Waals surface area contributed by atoms with Crippen LogP contribution in [0.5, 0.6) is 0 Å². The van der Waals surface area contributed by atoms with E-state index < -0.39 is 14.4 Å². The quantitative estimate of drug-likeness (QED) is 0.124. The summed E-state index contributed by atoms with van der Waals surface area (Å²) in [6.07, 6.45) is 2.24. The number of pyridine rings is 2. The molecule has 46 heavy (non-hydrogen) atoms. The summed E-state index contributed by atoms with van der Waals surface area (Å²) in [5.74, 6) is -0.148. The van der Waals surface area contributed by atoms with Gasteiger partial charge in [-0.1, -0.05) is 111 Å². The predicted octanol–water partition coefficient (Wildman–Crippen LogP) is 10.4. The fourth-order valence-electron chi connectivity index (χ4n) is 5.28. The minimum Gasteiger partial charge on any atom is -0.501 e. The average molecular weight is 797 g/mol. The first-order valence-corrected chi connectivity index (χ1v) is 18.9. The number of nitrogens with zero attached hydrogens (tertiary/aromatic N) is 2. The molecular weight excluding hydrogens is 757 g/mol. The smallest absolute Gasteiger partial charge is 0.121 e. The van der Waals surface area contributed by atoms with E-state index in [2.05, 4.69) is 84.2 Å². The molecule has 233 valence electrons. The largest absolute Gasteiger partial charge is 0.501 e. The molecule has 0 unspecified atom stereocenters. The van der Waals surface area contributed by atoms with Crippen LogP contribution in [0.1, 0.15) is 22.2 Å². The molecule has 3 nitrogen and oxygen atoms in total. The van der Waals surface area contributed by atoms with Crippen molar-refractivity contribution in [1.29, 1.82) is 0 Å². The number of benzene rings is 4. The summed E-state index contributed by atoms with van der Waals surface area (Å²) in [6, 6.07) is 42.6. The summed E-state index contributed by atoms with van der Waals surface area (Å²) >= 11 is 0. The second-order valence-electron chi connectivity index (χ2n) is 12.5. The third-order valence-electron chi connectivity index (χ3n) is 7.63. The fourth-order valence-corrected chi connectivity index (χ4v) is 6.32. The number of rotatable bonds is 6. The van der Waals surface area contributed by atoms with E-state index in [1.165, 1.54) is 5.19 Å². The first-order valence-electron chi connectivity index (χ1n) is 16.4. The van der Waals surface area contributed by atoms with E-state index >= 15 is 0 Å². The molecule has 4 aromatic carbocycles. The zero-order valence-electron chi connectivity index (χ0n) is 28.8. The SMILES string of the molecule is C[Si](C)(C)c1ccc(-c2[c-]cccc2)nc1.[2H]C([2H])(c1ccnc(-c2[c-]ccc3c2oc2cc(-c4ccccc4)ccc23)c1)C(C)C.[Ir]. The molecule has 0 aliphatic heterocycles. The number of fused-ring (bicyclic) bond motifs is 3. The Morgan fingerprint density at radius 1 is 0.761 bits per heavy atom. The van der Waals surface area contributed by atoms with Crippen LogP contribution in [0, 0.1) is 18.1 Å². The van der Waals surface area contributed by atoms with E-state index in [4.69, 9.17) is 7.16 Å². The van der Waals surface area contributed by atoms with Crippen LogP contribution in [0.25, 0.3) is 55.6 Å². The van der Waals surface area contributed by atoms with Crippen molar-refractivity contribution in [3.8, 4) is 33.6 Å². The maximum absolute atomic E-state index is 8.44. The van der Waals surface area contributed by atoms with Crippen molar-refractivity contribution in [2.45, 2.75) is 39.9 Å². The summed E-state index contributed by atoms with van der Waals surface area (Å²) in [4.78, 5) is 9.03. The second-order valence-corrected chi connectivity index (χ2v) is 17.5. The first kappa shape index (κ1) is 30.5. The molecule has 0 amide bonds. The van der Waals surface area contributed by atoms with E-state index in [0.29, 0.717) is 11.3 Å². The summed E-state index contributed by atoms with van der Waals surface area (Å²) in [5, 5.41) is 3.44. The van der Waals surface area contributed by atoms with Gasteiger partial charge >= 0.3 is 0 Å². The molecule has 0 saturated heterocycles. The minimum atomic E-state index is -1.44. The molecule has 3 aromatic heterocycles. The van der Waals surface area contributed by atoms with E-state index in [-0.39, 0.29) is 26.0 Å². The third kappa shape index (κ3) is 7.62. The Labute approximate surface area is 289 Å². The Hall–Kier alpha value is -4.15. The molecule has 3 heterocycles. The van der Waals surface area contributed by atoms with E-state index in [9.17, 15) is 0 Å². The molecular formula is C41H38IrN2OSi-2. The van der Waals surface area contributed by atoms with Gasteiger partial charge in [-0.05, 0) is 52.1 Å². The van der Waals surface area contributed by atoms with Gasteiger partial charge in [0.2, 0.25) is 0 Å². The van der Waals surface area contributed by atoms with E-state index in [1.807, 2.05) is 80.7 Å². The van der Waals surface area contributed by atoms with E-state index in [0.717, 1.165) is 49.9 Å². The number of hydrogen-bond donors (Lipinski definition) is 0. The number of hydrogen-bond acceptors (Lipinski definition) is 3.